The number of ketones is 1. The molecule has 2 aromatic carbocycles. The molecular weight excluding hydrogens is 377 g/mol. The van der Waals surface area contributed by atoms with Crippen LogP contribution in [0.4, 0.5) is 4.39 Å². The number of rotatable bonds is 7. The van der Waals surface area contributed by atoms with Crippen LogP contribution in [0.1, 0.15) is 17.2 Å². The van der Waals surface area contributed by atoms with Crippen LogP contribution < -0.4 is 4.74 Å². The number of hydrogen-bond donors (Lipinski definition) is 2. The van der Waals surface area contributed by atoms with E-state index in [2.05, 4.69) is 6.58 Å². The van der Waals surface area contributed by atoms with Crippen LogP contribution in [0.2, 0.25) is 0 Å². The molecule has 1 atom stereocenters. The Bertz CT molecular complexity index is 967. The van der Waals surface area contributed by atoms with Crippen molar-refractivity contribution in [3.8, 4) is 5.75 Å². The predicted octanol–water partition coefficient (Wildman–Crippen LogP) is 2.80. The molecular formula is C22H20FNO5. The quantitative estimate of drug-likeness (QED) is 0.325. The highest BCUT2D eigenvalue weighted by molar-refractivity contribution is 6.46. The van der Waals surface area contributed by atoms with E-state index in [1.807, 2.05) is 0 Å². The van der Waals surface area contributed by atoms with Crippen molar-refractivity contribution >= 4 is 17.4 Å². The number of likely N-dealkylation sites (tertiary alicyclic amines) is 1. The Hall–Kier alpha value is -3.45. The van der Waals surface area contributed by atoms with Crippen LogP contribution in [0, 0.1) is 5.82 Å². The van der Waals surface area contributed by atoms with Gasteiger partial charge in [0.1, 0.15) is 23.9 Å². The first-order chi connectivity index (χ1) is 14.0. The molecule has 7 heteroatoms. The SMILES string of the molecule is C=CCOc1ccc(C(O)=C2C(=O)C(=O)N(CCO)[C@@H]2c2ccccc2F)cc1. The van der Waals surface area contributed by atoms with Crippen LogP contribution in [-0.2, 0) is 9.59 Å². The van der Waals surface area contributed by atoms with Gasteiger partial charge in [-0.2, -0.15) is 0 Å². The lowest BCUT2D eigenvalue weighted by Gasteiger charge is -2.24. The van der Waals surface area contributed by atoms with Gasteiger partial charge in [0, 0.05) is 17.7 Å². The number of halogens is 1. The number of carbonyl (C=O) groups is 2. The van der Waals surface area contributed by atoms with Gasteiger partial charge in [0.05, 0.1) is 18.2 Å². The minimum atomic E-state index is -1.14. The van der Waals surface area contributed by atoms with Crippen LogP contribution >= 0.6 is 0 Å². The highest BCUT2D eigenvalue weighted by atomic mass is 19.1. The standard InChI is InChI=1S/C22H20FNO5/c1-2-13-29-15-9-7-14(8-10-15)20(26)18-19(16-5-3-4-6-17(16)23)24(11-12-25)22(28)21(18)27/h2-10,19,25-26H,1,11-13H2/t19-/m1/s1. The van der Waals surface area contributed by atoms with Crippen molar-refractivity contribution < 1.29 is 28.9 Å². The second kappa shape index (κ2) is 8.70. The summed E-state index contributed by atoms with van der Waals surface area (Å²) in [6.07, 6.45) is 1.59. The van der Waals surface area contributed by atoms with E-state index in [-0.39, 0.29) is 23.2 Å². The van der Waals surface area contributed by atoms with E-state index in [1.54, 1.807) is 24.3 Å². The molecule has 3 rings (SSSR count). The number of amides is 1. The molecule has 1 saturated heterocycles. The molecule has 150 valence electrons. The van der Waals surface area contributed by atoms with Gasteiger partial charge in [0.15, 0.2) is 0 Å². The first kappa shape index (κ1) is 20.3. The first-order valence-corrected chi connectivity index (χ1v) is 8.97. The minimum Gasteiger partial charge on any atom is -0.507 e. The molecule has 2 aromatic rings. The third-order valence-corrected chi connectivity index (χ3v) is 4.58. The van der Waals surface area contributed by atoms with Crippen molar-refractivity contribution in [2.75, 3.05) is 19.8 Å². The summed E-state index contributed by atoms with van der Waals surface area (Å²) in [5, 5.41) is 20.1. The maximum Gasteiger partial charge on any atom is 0.295 e. The highest BCUT2D eigenvalue weighted by Crippen LogP contribution is 2.40. The second-order valence-electron chi connectivity index (χ2n) is 6.36. The Kier molecular flexibility index (Phi) is 6.09. The number of aliphatic hydroxyl groups excluding tert-OH is 2. The number of aliphatic hydroxyl groups is 2. The third kappa shape index (κ3) is 3.90. The summed E-state index contributed by atoms with van der Waals surface area (Å²) in [7, 11) is 0. The molecule has 0 saturated carbocycles. The molecule has 0 aliphatic carbocycles. The van der Waals surface area contributed by atoms with E-state index >= 15 is 0 Å². The third-order valence-electron chi connectivity index (χ3n) is 4.58. The van der Waals surface area contributed by atoms with E-state index in [0.29, 0.717) is 12.4 Å². The summed E-state index contributed by atoms with van der Waals surface area (Å²) < 4.78 is 19.9. The van der Waals surface area contributed by atoms with Crippen molar-refractivity contribution in [1.29, 1.82) is 0 Å². The van der Waals surface area contributed by atoms with Crippen molar-refractivity contribution in [3.63, 3.8) is 0 Å². The Morgan fingerprint density at radius 1 is 1.17 bits per heavy atom. The van der Waals surface area contributed by atoms with Crippen LogP contribution in [0.15, 0.2) is 66.8 Å². The zero-order valence-electron chi connectivity index (χ0n) is 15.5. The molecule has 1 aliphatic rings. The van der Waals surface area contributed by atoms with Crippen LogP contribution in [-0.4, -0.2) is 46.6 Å². The molecule has 0 aromatic heterocycles. The zero-order valence-corrected chi connectivity index (χ0v) is 15.5. The Labute approximate surface area is 167 Å². The smallest absolute Gasteiger partial charge is 0.295 e. The van der Waals surface area contributed by atoms with Gasteiger partial charge in [-0.3, -0.25) is 9.59 Å². The molecule has 1 fully saturated rings. The molecule has 0 bridgehead atoms. The summed E-state index contributed by atoms with van der Waals surface area (Å²) in [6.45, 7) is 3.29. The number of β-amino-alcohol motifs (C(OH)–C–C–N with tert-alkyl or cyclic N) is 1. The van der Waals surface area contributed by atoms with Crippen LogP contribution in [0.5, 0.6) is 5.75 Å². The fourth-order valence-corrected chi connectivity index (χ4v) is 3.26. The van der Waals surface area contributed by atoms with Gasteiger partial charge in [-0.15, -0.1) is 0 Å². The molecule has 1 aliphatic heterocycles. The topological polar surface area (TPSA) is 87.1 Å². The van der Waals surface area contributed by atoms with E-state index in [1.165, 1.54) is 30.3 Å². The van der Waals surface area contributed by atoms with E-state index in [4.69, 9.17) is 4.74 Å². The molecule has 0 unspecified atom stereocenters. The average Bonchev–Trinajstić information content (AvgIpc) is 2.97. The normalized spacial score (nSPS) is 18.1. The monoisotopic (exact) mass is 397 g/mol. The molecule has 29 heavy (non-hydrogen) atoms. The lowest BCUT2D eigenvalue weighted by molar-refractivity contribution is -0.140. The first-order valence-electron chi connectivity index (χ1n) is 8.97. The van der Waals surface area contributed by atoms with Gasteiger partial charge >= 0.3 is 0 Å². The maximum absolute atomic E-state index is 14.5. The van der Waals surface area contributed by atoms with Crippen LogP contribution in [0.25, 0.3) is 5.76 Å². The number of hydrogen-bond acceptors (Lipinski definition) is 5. The number of benzene rings is 2. The molecule has 1 amide bonds. The average molecular weight is 397 g/mol. The van der Waals surface area contributed by atoms with Gasteiger partial charge < -0.3 is 19.8 Å². The van der Waals surface area contributed by atoms with E-state index in [0.717, 1.165) is 4.90 Å². The lowest BCUT2D eigenvalue weighted by Crippen LogP contribution is -2.32. The molecule has 1 heterocycles. The lowest BCUT2D eigenvalue weighted by atomic mass is 9.95. The van der Waals surface area contributed by atoms with Gasteiger partial charge in [0.2, 0.25) is 0 Å². The molecule has 0 radical (unpaired) electrons. The zero-order chi connectivity index (χ0) is 21.0. The summed E-state index contributed by atoms with van der Waals surface area (Å²) in [5.41, 5.74) is 0.111. The molecule has 6 nitrogen and oxygen atoms in total. The Morgan fingerprint density at radius 3 is 2.48 bits per heavy atom. The Balaban J connectivity index is 2.10. The number of Topliss-reactive ketones (excluding diaryl/α,β-unsaturated/α-hetero) is 1. The van der Waals surface area contributed by atoms with Crippen molar-refractivity contribution in [1.82, 2.24) is 4.90 Å². The van der Waals surface area contributed by atoms with E-state index < -0.39 is 35.9 Å². The van der Waals surface area contributed by atoms with Gasteiger partial charge in [-0.25, -0.2) is 4.39 Å². The highest BCUT2D eigenvalue weighted by Gasteiger charge is 2.46. The van der Waals surface area contributed by atoms with Gasteiger partial charge in [-0.1, -0.05) is 30.9 Å². The largest absolute Gasteiger partial charge is 0.507 e. The summed E-state index contributed by atoms with van der Waals surface area (Å²) in [5.74, 6) is -2.35. The maximum atomic E-state index is 14.5. The van der Waals surface area contributed by atoms with Crippen LogP contribution in [0.3, 0.4) is 0 Å². The second-order valence-corrected chi connectivity index (χ2v) is 6.36. The number of ether oxygens (including phenoxy) is 1. The fourth-order valence-electron chi connectivity index (χ4n) is 3.26. The van der Waals surface area contributed by atoms with Gasteiger partial charge in [0.25, 0.3) is 11.7 Å². The summed E-state index contributed by atoms with van der Waals surface area (Å²) >= 11 is 0. The molecule has 0 spiro atoms. The number of carbonyl (C=O) groups excluding carboxylic acids is 2. The Morgan fingerprint density at radius 2 is 1.86 bits per heavy atom. The van der Waals surface area contributed by atoms with Crippen molar-refractivity contribution in [3.05, 3.63) is 83.7 Å². The fraction of sp³-hybridized carbons (Fsp3) is 0.182. The minimum absolute atomic E-state index is 0.0626. The van der Waals surface area contributed by atoms with E-state index in [9.17, 15) is 24.2 Å². The van der Waals surface area contributed by atoms with Crippen molar-refractivity contribution in [2.24, 2.45) is 0 Å². The van der Waals surface area contributed by atoms with Gasteiger partial charge in [-0.05, 0) is 30.3 Å². The van der Waals surface area contributed by atoms with Crippen molar-refractivity contribution in [2.45, 2.75) is 6.04 Å². The molecule has 2 N–H and O–H groups in total. The predicted molar refractivity (Wildman–Crippen MR) is 105 cm³/mol. The summed E-state index contributed by atoms with van der Waals surface area (Å²) in [6, 6.07) is 10.8. The number of nitrogens with zero attached hydrogens (tertiary/aromatic N) is 1. The summed E-state index contributed by atoms with van der Waals surface area (Å²) in [4.78, 5) is 26.2.